The van der Waals surface area contributed by atoms with E-state index in [4.69, 9.17) is 16.3 Å². The topological polar surface area (TPSA) is 101 Å². The summed E-state index contributed by atoms with van der Waals surface area (Å²) in [6, 6.07) is 3.32. The van der Waals surface area contributed by atoms with Crippen molar-refractivity contribution >= 4 is 23.3 Å². The Bertz CT molecular complexity index is 1110. The molecule has 182 valence electrons. The Labute approximate surface area is 201 Å². The van der Waals surface area contributed by atoms with Crippen LogP contribution in [0.1, 0.15) is 17.3 Å². The van der Waals surface area contributed by atoms with Crippen molar-refractivity contribution in [2.45, 2.75) is 25.2 Å². The van der Waals surface area contributed by atoms with Crippen LogP contribution in [0, 0.1) is 5.82 Å². The number of piperazine rings is 2. The number of halogens is 2. The molecule has 0 bridgehead atoms. The summed E-state index contributed by atoms with van der Waals surface area (Å²) in [7, 11) is 1.82. The number of aliphatic hydroxyl groups is 1. The summed E-state index contributed by atoms with van der Waals surface area (Å²) in [5.74, 6) is -0.930. The molecule has 4 heterocycles. The van der Waals surface area contributed by atoms with Crippen LogP contribution in [0.4, 0.5) is 10.2 Å². The molecular weight excluding hydrogens is 465 g/mol. The molecule has 5 rings (SSSR count). The quantitative estimate of drug-likeness (QED) is 0.581. The number of pyridine rings is 1. The molecule has 2 fully saturated rings. The van der Waals surface area contributed by atoms with Crippen molar-refractivity contribution in [1.82, 2.24) is 20.1 Å². The first-order valence-electron chi connectivity index (χ1n) is 11.3. The van der Waals surface area contributed by atoms with Crippen LogP contribution in [0.25, 0.3) is 11.3 Å². The van der Waals surface area contributed by atoms with Crippen LogP contribution in [-0.4, -0.2) is 95.6 Å². The lowest BCUT2D eigenvalue weighted by Crippen LogP contribution is -2.58. The smallest absolute Gasteiger partial charge is 0.261 e. The van der Waals surface area contributed by atoms with Crippen molar-refractivity contribution in [3.8, 4) is 22.8 Å². The molecule has 3 atom stereocenters. The molecule has 1 aromatic heterocycles. The van der Waals surface area contributed by atoms with E-state index >= 15 is 0 Å². The number of nitrogens with zero attached hydrogens (tertiary/aromatic N) is 4. The predicted molar refractivity (Wildman–Crippen MR) is 125 cm³/mol. The number of rotatable bonds is 2. The van der Waals surface area contributed by atoms with Crippen LogP contribution in [0.15, 0.2) is 18.2 Å². The summed E-state index contributed by atoms with van der Waals surface area (Å²) in [4.78, 5) is 23.9. The van der Waals surface area contributed by atoms with Crippen LogP contribution in [-0.2, 0) is 0 Å². The third kappa shape index (κ3) is 3.65. The normalized spacial score (nSPS) is 25.4. The number of aromatic nitrogens is 1. The van der Waals surface area contributed by atoms with Gasteiger partial charge in [-0.1, -0.05) is 17.7 Å². The molecule has 9 nitrogen and oxygen atoms in total. The number of nitrogens with one attached hydrogen (secondary N) is 1. The van der Waals surface area contributed by atoms with Gasteiger partial charge in [-0.05, 0) is 26.1 Å². The zero-order valence-electron chi connectivity index (χ0n) is 19.0. The van der Waals surface area contributed by atoms with Gasteiger partial charge in [0.05, 0.1) is 17.6 Å². The van der Waals surface area contributed by atoms with Gasteiger partial charge < -0.3 is 30.1 Å². The summed E-state index contributed by atoms with van der Waals surface area (Å²) >= 11 is 6.71. The molecule has 3 aliphatic heterocycles. The van der Waals surface area contributed by atoms with E-state index in [0.717, 1.165) is 0 Å². The van der Waals surface area contributed by atoms with E-state index < -0.39 is 18.1 Å². The highest BCUT2D eigenvalue weighted by atomic mass is 35.5. The van der Waals surface area contributed by atoms with Gasteiger partial charge in [0, 0.05) is 32.7 Å². The van der Waals surface area contributed by atoms with Gasteiger partial charge >= 0.3 is 0 Å². The molecule has 1 amide bonds. The molecule has 0 saturated carbocycles. The summed E-state index contributed by atoms with van der Waals surface area (Å²) in [6.07, 6.45) is -0.805. The maximum absolute atomic E-state index is 14.9. The van der Waals surface area contributed by atoms with E-state index in [9.17, 15) is 19.4 Å². The van der Waals surface area contributed by atoms with Gasteiger partial charge in [-0.15, -0.1) is 0 Å². The van der Waals surface area contributed by atoms with E-state index in [-0.39, 0.29) is 57.7 Å². The monoisotopic (exact) mass is 491 g/mol. The number of phenols is 1. The highest BCUT2D eigenvalue weighted by Gasteiger charge is 2.41. The lowest BCUT2D eigenvalue weighted by Gasteiger charge is -2.43. The number of aromatic hydroxyl groups is 1. The molecule has 0 radical (unpaired) electrons. The number of ether oxygens (including phenoxy) is 1. The van der Waals surface area contributed by atoms with Gasteiger partial charge in [0.1, 0.15) is 46.5 Å². The van der Waals surface area contributed by atoms with Crippen molar-refractivity contribution in [1.29, 1.82) is 0 Å². The minimum absolute atomic E-state index is 0.0163. The Hall–Kier alpha value is -2.66. The van der Waals surface area contributed by atoms with Gasteiger partial charge in [-0.3, -0.25) is 9.69 Å². The first-order valence-corrected chi connectivity index (χ1v) is 11.7. The molecule has 2 unspecified atom stereocenters. The SMILES string of the molecule is CC1C(O)N(C)CCN1c1nc(-c2c(O)cccc2F)c(Cl)c2c1C(=O)N1CCNC[C@@H]1CO2. The van der Waals surface area contributed by atoms with E-state index in [1.165, 1.54) is 18.2 Å². The largest absolute Gasteiger partial charge is 0.507 e. The third-order valence-electron chi connectivity index (χ3n) is 6.89. The number of carbonyl (C=O) groups is 1. The number of fused-ring (bicyclic) bond motifs is 2. The van der Waals surface area contributed by atoms with Crippen LogP contribution in [0.5, 0.6) is 11.5 Å². The van der Waals surface area contributed by atoms with Gasteiger partial charge in [-0.25, -0.2) is 9.37 Å². The number of likely N-dealkylation sites (N-methyl/N-ethyl adjacent to an activating group) is 1. The number of benzene rings is 1. The number of aliphatic hydroxyl groups excluding tert-OH is 1. The lowest BCUT2D eigenvalue weighted by molar-refractivity contribution is -0.0116. The van der Waals surface area contributed by atoms with Gasteiger partial charge in [0.2, 0.25) is 0 Å². The number of anilines is 1. The van der Waals surface area contributed by atoms with E-state index in [1.807, 2.05) is 23.8 Å². The molecule has 0 spiro atoms. The maximum atomic E-state index is 14.9. The van der Waals surface area contributed by atoms with Crippen molar-refractivity contribution in [3.05, 3.63) is 34.6 Å². The van der Waals surface area contributed by atoms with Crippen LogP contribution < -0.4 is 15.0 Å². The summed E-state index contributed by atoms with van der Waals surface area (Å²) in [5.41, 5.74) is 0.00794. The fraction of sp³-hybridized carbons (Fsp3) is 0.478. The number of carbonyl (C=O) groups excluding carboxylic acids is 1. The number of hydrogen-bond donors (Lipinski definition) is 3. The average molecular weight is 492 g/mol. The summed E-state index contributed by atoms with van der Waals surface area (Å²) in [5, 5.41) is 24.4. The Morgan fingerprint density at radius 1 is 1.24 bits per heavy atom. The molecule has 3 aliphatic rings. The second-order valence-corrected chi connectivity index (χ2v) is 9.31. The van der Waals surface area contributed by atoms with E-state index in [0.29, 0.717) is 32.7 Å². The summed E-state index contributed by atoms with van der Waals surface area (Å²) < 4.78 is 21.0. The van der Waals surface area contributed by atoms with Crippen LogP contribution in [0.3, 0.4) is 0 Å². The molecule has 11 heteroatoms. The lowest BCUT2D eigenvalue weighted by atomic mass is 10.0. The minimum Gasteiger partial charge on any atom is -0.507 e. The van der Waals surface area contributed by atoms with Crippen molar-refractivity contribution < 1.29 is 24.1 Å². The summed E-state index contributed by atoms with van der Waals surface area (Å²) in [6.45, 7) is 4.76. The first kappa shape index (κ1) is 23.1. The predicted octanol–water partition coefficient (Wildman–Crippen LogP) is 1.51. The third-order valence-corrected chi connectivity index (χ3v) is 7.24. The molecule has 0 aliphatic carbocycles. The standard InChI is InChI=1S/C23H27ClFN5O4/c1-12-22(32)28(2)8-9-29(12)21-17-20(34-11-13-10-26-6-7-30(13)23(17)33)18(24)19(27-21)16-14(25)4-3-5-15(16)31/h3-5,12-13,22,26,31-32H,6-11H2,1-2H3/t12?,13-,22?/m1/s1. The molecule has 34 heavy (non-hydrogen) atoms. The highest BCUT2D eigenvalue weighted by molar-refractivity contribution is 6.35. The minimum atomic E-state index is -0.805. The molecular formula is C23H27ClFN5O4. The van der Waals surface area contributed by atoms with Gasteiger partial charge in [0.15, 0.2) is 5.75 Å². The number of hydrogen-bond acceptors (Lipinski definition) is 8. The second-order valence-electron chi connectivity index (χ2n) is 8.93. The molecule has 3 N–H and O–H groups in total. The number of phenolic OH excluding ortho intramolecular Hbond substituents is 1. The zero-order valence-corrected chi connectivity index (χ0v) is 19.7. The number of amides is 1. The van der Waals surface area contributed by atoms with Crippen LogP contribution in [0.2, 0.25) is 5.02 Å². The van der Waals surface area contributed by atoms with E-state index in [2.05, 4.69) is 10.3 Å². The molecule has 2 saturated heterocycles. The maximum Gasteiger partial charge on any atom is 0.261 e. The Morgan fingerprint density at radius 3 is 2.79 bits per heavy atom. The Kier molecular flexibility index (Phi) is 6.01. The van der Waals surface area contributed by atoms with Gasteiger partial charge in [0.25, 0.3) is 5.91 Å². The Balaban J connectivity index is 1.75. The average Bonchev–Trinajstić information content (AvgIpc) is 2.97. The second kappa shape index (κ2) is 8.84. The Morgan fingerprint density at radius 2 is 2.03 bits per heavy atom. The highest BCUT2D eigenvalue weighted by Crippen LogP contribution is 2.46. The fourth-order valence-corrected chi connectivity index (χ4v) is 5.19. The fourth-order valence-electron chi connectivity index (χ4n) is 4.91. The van der Waals surface area contributed by atoms with Crippen molar-refractivity contribution in [3.63, 3.8) is 0 Å². The van der Waals surface area contributed by atoms with Crippen LogP contribution >= 0.6 is 11.6 Å². The molecule has 1 aromatic carbocycles. The first-order chi connectivity index (χ1) is 16.3. The van der Waals surface area contributed by atoms with Crippen molar-refractivity contribution in [2.75, 3.05) is 51.3 Å². The van der Waals surface area contributed by atoms with E-state index in [1.54, 1.807) is 4.90 Å². The zero-order chi connectivity index (χ0) is 24.1. The van der Waals surface area contributed by atoms with Crippen molar-refractivity contribution in [2.24, 2.45) is 0 Å². The molecule has 2 aromatic rings. The van der Waals surface area contributed by atoms with Gasteiger partial charge in [-0.2, -0.15) is 0 Å².